The van der Waals surface area contributed by atoms with Gasteiger partial charge in [-0.15, -0.1) is 0 Å². The molecule has 1 heterocycles. The number of esters is 3. The van der Waals surface area contributed by atoms with Crippen LogP contribution >= 0.6 is 0 Å². The van der Waals surface area contributed by atoms with Gasteiger partial charge in [-0.2, -0.15) is 0 Å². The maximum Gasteiger partial charge on any atom is 0.303 e. The van der Waals surface area contributed by atoms with Gasteiger partial charge in [0.2, 0.25) is 0 Å². The van der Waals surface area contributed by atoms with Gasteiger partial charge < -0.3 is 28.8 Å². The molecule has 1 fully saturated rings. The molecule has 1 aliphatic heterocycles. The van der Waals surface area contributed by atoms with Gasteiger partial charge in [0.05, 0.1) is 13.2 Å². The Labute approximate surface area is 148 Å². The normalized spacial score (nSPS) is 27.8. The predicted molar refractivity (Wildman–Crippen MR) is 82.4 cm³/mol. The first-order chi connectivity index (χ1) is 12.3. The summed E-state index contributed by atoms with van der Waals surface area (Å²) >= 11 is 0. The van der Waals surface area contributed by atoms with Gasteiger partial charge >= 0.3 is 17.9 Å². The van der Waals surface area contributed by atoms with E-state index in [0.29, 0.717) is 0 Å². The van der Waals surface area contributed by atoms with Crippen molar-refractivity contribution >= 4 is 17.9 Å². The number of aliphatic hydroxyl groups excluding tert-OH is 1. The molecule has 0 spiro atoms. The van der Waals surface area contributed by atoms with Gasteiger partial charge in [-0.3, -0.25) is 14.4 Å². The third-order valence-electron chi connectivity index (χ3n) is 3.21. The predicted octanol–water partition coefficient (Wildman–Crippen LogP) is -0.174. The molecule has 0 amide bonds. The second kappa shape index (κ2) is 10.6. The van der Waals surface area contributed by atoms with Crippen molar-refractivity contribution in [2.24, 2.45) is 5.11 Å². The van der Waals surface area contributed by atoms with Gasteiger partial charge in [-0.05, 0) is 5.53 Å². The smallest absolute Gasteiger partial charge is 0.303 e. The monoisotopic (exact) mass is 375 g/mol. The minimum absolute atomic E-state index is 0.0292. The Balaban J connectivity index is 3.12. The molecule has 0 aliphatic carbocycles. The van der Waals surface area contributed by atoms with Crippen molar-refractivity contribution in [2.45, 2.75) is 51.5 Å². The van der Waals surface area contributed by atoms with E-state index in [2.05, 4.69) is 10.0 Å². The van der Waals surface area contributed by atoms with Crippen LogP contribution in [0.5, 0.6) is 0 Å². The van der Waals surface area contributed by atoms with Crippen molar-refractivity contribution in [2.75, 3.05) is 19.8 Å². The van der Waals surface area contributed by atoms with Crippen LogP contribution in [0.15, 0.2) is 5.11 Å². The van der Waals surface area contributed by atoms with Crippen LogP contribution in [0.3, 0.4) is 0 Å². The van der Waals surface area contributed by atoms with Crippen molar-refractivity contribution in [3.8, 4) is 0 Å². The Morgan fingerprint density at radius 2 is 1.58 bits per heavy atom. The highest BCUT2D eigenvalue weighted by molar-refractivity contribution is 5.68. The van der Waals surface area contributed by atoms with Crippen LogP contribution < -0.4 is 0 Å². The van der Waals surface area contributed by atoms with E-state index in [-0.39, 0.29) is 13.2 Å². The molecular weight excluding hydrogens is 354 g/mol. The number of carbonyl (C=O) groups excluding carboxylic acids is 3. The number of azide groups is 1. The van der Waals surface area contributed by atoms with E-state index in [0.717, 1.165) is 20.8 Å². The summed E-state index contributed by atoms with van der Waals surface area (Å²) in [4.78, 5) is 36.9. The van der Waals surface area contributed by atoms with E-state index < -0.39 is 55.2 Å². The average Bonchev–Trinajstić information content (AvgIpc) is 2.54. The number of carbonyl (C=O) groups is 3. The second-order valence-corrected chi connectivity index (χ2v) is 5.27. The molecule has 12 heteroatoms. The van der Waals surface area contributed by atoms with Gasteiger partial charge in [-0.25, -0.2) is 0 Å². The van der Waals surface area contributed by atoms with Gasteiger partial charge in [0, 0.05) is 32.2 Å². The van der Waals surface area contributed by atoms with Crippen LogP contribution in [-0.4, -0.2) is 73.5 Å². The average molecular weight is 375 g/mol. The number of nitrogens with zero attached hydrogens (tertiary/aromatic N) is 3. The van der Waals surface area contributed by atoms with Crippen LogP contribution in [-0.2, 0) is 38.1 Å². The van der Waals surface area contributed by atoms with E-state index in [4.69, 9.17) is 29.2 Å². The summed E-state index contributed by atoms with van der Waals surface area (Å²) in [7, 11) is 0. The minimum atomic E-state index is -1.27. The summed E-state index contributed by atoms with van der Waals surface area (Å²) in [5, 5.41) is 12.8. The number of rotatable bonds is 8. The molecular formula is C14H21N3O9. The van der Waals surface area contributed by atoms with Gasteiger partial charge in [-0.1, -0.05) is 5.11 Å². The molecule has 12 nitrogen and oxygen atoms in total. The number of hydrogen-bond acceptors (Lipinski definition) is 10. The molecule has 1 N–H and O–H groups in total. The lowest BCUT2D eigenvalue weighted by atomic mass is 9.98. The summed E-state index contributed by atoms with van der Waals surface area (Å²) in [5.41, 5.74) is 8.28. The zero-order chi connectivity index (χ0) is 19.7. The molecule has 146 valence electrons. The van der Waals surface area contributed by atoms with Crippen LogP contribution in [0.2, 0.25) is 0 Å². The first kappa shape index (κ1) is 21.6. The van der Waals surface area contributed by atoms with Crippen molar-refractivity contribution in [1.29, 1.82) is 0 Å². The number of aliphatic hydroxyl groups is 1. The zero-order valence-electron chi connectivity index (χ0n) is 14.6. The van der Waals surface area contributed by atoms with E-state index >= 15 is 0 Å². The van der Waals surface area contributed by atoms with Crippen LogP contribution in [0, 0.1) is 0 Å². The highest BCUT2D eigenvalue weighted by atomic mass is 16.7. The third-order valence-corrected chi connectivity index (χ3v) is 3.21. The first-order valence-corrected chi connectivity index (χ1v) is 7.70. The molecule has 0 unspecified atom stereocenters. The van der Waals surface area contributed by atoms with Gasteiger partial charge in [0.25, 0.3) is 0 Å². The minimum Gasteiger partial charge on any atom is -0.456 e. The SMILES string of the molecule is CC(=O)O[C@H]1[C@@H](OC(C)=O)[C@@H](CO)O[C@H](OCCN=[N+]=[N-])[C@@H]1OC(C)=O. The largest absolute Gasteiger partial charge is 0.456 e. The number of hydrogen-bond donors (Lipinski definition) is 1. The third kappa shape index (κ3) is 6.48. The van der Waals surface area contributed by atoms with Crippen molar-refractivity contribution in [3.63, 3.8) is 0 Å². The highest BCUT2D eigenvalue weighted by Crippen LogP contribution is 2.29. The standard InChI is InChI=1S/C14H21N3O9/c1-7(19)23-11-10(6-18)26-14(22-5-4-16-17-15)13(25-9(3)21)12(11)24-8(2)20/h10-14,18H,4-6H2,1-3H3/t10-,11+,12+,13-,14+/m1/s1. The highest BCUT2D eigenvalue weighted by Gasteiger charge is 2.52. The maximum atomic E-state index is 11.5. The molecule has 26 heavy (non-hydrogen) atoms. The van der Waals surface area contributed by atoms with E-state index in [1.54, 1.807) is 0 Å². The van der Waals surface area contributed by atoms with Gasteiger partial charge in [0.1, 0.15) is 6.10 Å². The quantitative estimate of drug-likeness (QED) is 0.151. The molecule has 0 bridgehead atoms. The molecule has 5 atom stereocenters. The Hall–Kier alpha value is -2.40. The fourth-order valence-corrected chi connectivity index (χ4v) is 2.39. The lowest BCUT2D eigenvalue weighted by molar-refractivity contribution is -0.307. The molecule has 1 rings (SSSR count). The summed E-state index contributed by atoms with van der Waals surface area (Å²) in [5.74, 6) is -2.15. The zero-order valence-corrected chi connectivity index (χ0v) is 14.6. The molecule has 0 aromatic rings. The number of ether oxygens (including phenoxy) is 5. The fraction of sp³-hybridized carbons (Fsp3) is 0.786. The summed E-state index contributed by atoms with van der Waals surface area (Å²) in [6.07, 6.45) is -6.10. The van der Waals surface area contributed by atoms with Crippen molar-refractivity contribution in [1.82, 2.24) is 0 Å². The Morgan fingerprint density at radius 3 is 2.08 bits per heavy atom. The Kier molecular flexibility index (Phi) is 8.79. The lowest BCUT2D eigenvalue weighted by Crippen LogP contribution is -2.62. The summed E-state index contributed by atoms with van der Waals surface area (Å²) < 4.78 is 26.3. The van der Waals surface area contributed by atoms with Crippen LogP contribution in [0.25, 0.3) is 10.4 Å². The second-order valence-electron chi connectivity index (χ2n) is 5.27. The van der Waals surface area contributed by atoms with E-state index in [1.165, 1.54) is 0 Å². The van der Waals surface area contributed by atoms with Crippen LogP contribution in [0.4, 0.5) is 0 Å². The van der Waals surface area contributed by atoms with Crippen molar-refractivity contribution < 1.29 is 43.2 Å². The van der Waals surface area contributed by atoms with Crippen molar-refractivity contribution in [3.05, 3.63) is 10.4 Å². The molecule has 1 saturated heterocycles. The summed E-state index contributed by atoms with van der Waals surface area (Å²) in [6, 6.07) is 0. The van der Waals surface area contributed by atoms with Gasteiger partial charge in [0.15, 0.2) is 24.6 Å². The van der Waals surface area contributed by atoms with Crippen LogP contribution in [0.1, 0.15) is 20.8 Å². The Morgan fingerprint density at radius 1 is 1.04 bits per heavy atom. The molecule has 1 aliphatic rings. The first-order valence-electron chi connectivity index (χ1n) is 7.70. The maximum absolute atomic E-state index is 11.5. The Bertz CT molecular complexity index is 564. The van der Waals surface area contributed by atoms with E-state index in [9.17, 15) is 19.5 Å². The molecule has 0 radical (unpaired) electrons. The molecule has 0 saturated carbocycles. The fourth-order valence-electron chi connectivity index (χ4n) is 2.39. The lowest BCUT2D eigenvalue weighted by Gasteiger charge is -2.43. The van der Waals surface area contributed by atoms with E-state index in [1.807, 2.05) is 0 Å². The molecule has 0 aromatic carbocycles. The summed E-state index contributed by atoms with van der Waals surface area (Å²) in [6.45, 7) is 2.67. The molecule has 0 aromatic heterocycles. The topological polar surface area (TPSA) is 166 Å².